The fourth-order valence-electron chi connectivity index (χ4n) is 4.05. The molecule has 0 atom stereocenters. The van der Waals surface area contributed by atoms with E-state index >= 15 is 0 Å². The summed E-state index contributed by atoms with van der Waals surface area (Å²) in [5.41, 5.74) is 8.12. The van der Waals surface area contributed by atoms with E-state index < -0.39 is 0 Å². The summed E-state index contributed by atoms with van der Waals surface area (Å²) in [7, 11) is 0. The molecule has 0 unspecified atom stereocenters. The molecule has 1 aliphatic heterocycles. The summed E-state index contributed by atoms with van der Waals surface area (Å²) in [6, 6.07) is 8.35. The minimum atomic E-state index is 0.881. The van der Waals surface area contributed by atoms with Crippen LogP contribution in [-0.2, 0) is 6.54 Å². The van der Waals surface area contributed by atoms with Gasteiger partial charge in [0.1, 0.15) is 0 Å². The highest BCUT2D eigenvalue weighted by atomic mass is 15.2. The van der Waals surface area contributed by atoms with Crippen LogP contribution in [0.3, 0.4) is 0 Å². The first kappa shape index (κ1) is 15.8. The second kappa shape index (κ2) is 7.98. The molecule has 0 aromatic heterocycles. The first-order chi connectivity index (χ1) is 10.8. The molecule has 2 fully saturated rings. The van der Waals surface area contributed by atoms with E-state index in [-0.39, 0.29) is 0 Å². The molecule has 1 saturated carbocycles. The first-order valence-electron chi connectivity index (χ1n) is 9.09. The van der Waals surface area contributed by atoms with Crippen molar-refractivity contribution in [3.63, 3.8) is 0 Å². The summed E-state index contributed by atoms with van der Waals surface area (Å²) >= 11 is 0. The molecule has 1 heterocycles. The molecule has 2 N–H and O–H groups in total. The Balaban J connectivity index is 1.47. The standard InChI is InChI=1S/C19H31N3/c20-19-9-4-8-18(14-19)16-22-11-5-10-21(12-13-22)15-17-6-2-1-3-7-17/h4,8-9,14,17H,1-3,5-7,10-13,15-16,20H2. The predicted molar refractivity (Wildman–Crippen MR) is 93.8 cm³/mol. The molecule has 22 heavy (non-hydrogen) atoms. The second-order valence-electron chi connectivity index (χ2n) is 7.18. The zero-order valence-corrected chi connectivity index (χ0v) is 13.8. The maximum absolute atomic E-state index is 5.89. The number of benzene rings is 1. The third-order valence-corrected chi connectivity index (χ3v) is 5.28. The van der Waals surface area contributed by atoms with Crippen molar-refractivity contribution in [3.05, 3.63) is 29.8 Å². The lowest BCUT2D eigenvalue weighted by Gasteiger charge is -2.29. The minimum absolute atomic E-state index is 0.881. The third kappa shape index (κ3) is 4.72. The Bertz CT molecular complexity index is 454. The van der Waals surface area contributed by atoms with Gasteiger partial charge in [0, 0.05) is 31.9 Å². The van der Waals surface area contributed by atoms with E-state index in [2.05, 4.69) is 28.0 Å². The van der Waals surface area contributed by atoms with Gasteiger partial charge in [-0.25, -0.2) is 0 Å². The van der Waals surface area contributed by atoms with Crippen molar-refractivity contribution in [2.45, 2.75) is 45.1 Å². The van der Waals surface area contributed by atoms with E-state index in [0.717, 1.165) is 18.2 Å². The van der Waals surface area contributed by atoms with Gasteiger partial charge in [-0.2, -0.15) is 0 Å². The van der Waals surface area contributed by atoms with Crippen molar-refractivity contribution in [2.75, 3.05) is 38.5 Å². The van der Waals surface area contributed by atoms with Crippen molar-refractivity contribution in [1.29, 1.82) is 0 Å². The van der Waals surface area contributed by atoms with Gasteiger partial charge in [-0.1, -0.05) is 31.4 Å². The second-order valence-corrected chi connectivity index (χ2v) is 7.18. The van der Waals surface area contributed by atoms with Gasteiger partial charge in [-0.05, 0) is 56.0 Å². The van der Waals surface area contributed by atoms with Crippen LogP contribution in [0, 0.1) is 5.92 Å². The Morgan fingerprint density at radius 2 is 1.68 bits per heavy atom. The molecule has 1 aromatic rings. The Labute approximate surface area is 135 Å². The molecule has 0 radical (unpaired) electrons. The monoisotopic (exact) mass is 301 g/mol. The molecule has 0 bridgehead atoms. The molecule has 3 heteroatoms. The normalized spacial score (nSPS) is 22.5. The third-order valence-electron chi connectivity index (χ3n) is 5.28. The Morgan fingerprint density at radius 3 is 2.50 bits per heavy atom. The molecule has 3 nitrogen and oxygen atoms in total. The van der Waals surface area contributed by atoms with Crippen LogP contribution in [0.2, 0.25) is 0 Å². The lowest BCUT2D eigenvalue weighted by Crippen LogP contribution is -2.34. The van der Waals surface area contributed by atoms with Gasteiger partial charge in [0.05, 0.1) is 0 Å². The van der Waals surface area contributed by atoms with Crippen LogP contribution in [0.1, 0.15) is 44.1 Å². The van der Waals surface area contributed by atoms with Crippen molar-refractivity contribution in [1.82, 2.24) is 9.80 Å². The van der Waals surface area contributed by atoms with Gasteiger partial charge < -0.3 is 10.6 Å². The maximum atomic E-state index is 5.89. The van der Waals surface area contributed by atoms with Crippen LogP contribution in [0.15, 0.2) is 24.3 Å². The average molecular weight is 301 g/mol. The van der Waals surface area contributed by atoms with Crippen LogP contribution in [-0.4, -0.2) is 42.5 Å². The number of hydrogen-bond donors (Lipinski definition) is 1. The molecule has 1 saturated heterocycles. The fourth-order valence-corrected chi connectivity index (χ4v) is 4.05. The number of anilines is 1. The molecule has 1 aliphatic carbocycles. The van der Waals surface area contributed by atoms with Crippen molar-refractivity contribution >= 4 is 5.69 Å². The smallest absolute Gasteiger partial charge is 0.0317 e. The molecule has 0 spiro atoms. The molecule has 2 aliphatic rings. The van der Waals surface area contributed by atoms with Gasteiger partial charge in [-0.3, -0.25) is 4.90 Å². The quantitative estimate of drug-likeness (QED) is 0.866. The average Bonchev–Trinajstić information content (AvgIpc) is 2.74. The van der Waals surface area contributed by atoms with Gasteiger partial charge in [0.2, 0.25) is 0 Å². The molecule has 122 valence electrons. The molecular formula is C19H31N3. The SMILES string of the molecule is Nc1cccc(CN2CCCN(CC3CCCCC3)CC2)c1. The number of nitrogens with zero attached hydrogens (tertiary/aromatic N) is 2. The summed E-state index contributed by atoms with van der Waals surface area (Å²) in [6.07, 6.45) is 8.60. The molecule has 0 amide bonds. The Kier molecular flexibility index (Phi) is 5.74. The zero-order valence-electron chi connectivity index (χ0n) is 13.8. The summed E-state index contributed by atoms with van der Waals surface area (Å²) in [5, 5.41) is 0. The first-order valence-corrected chi connectivity index (χ1v) is 9.09. The summed E-state index contributed by atoms with van der Waals surface area (Å²) in [4.78, 5) is 5.31. The molecular weight excluding hydrogens is 270 g/mol. The van der Waals surface area contributed by atoms with Crippen LogP contribution in [0.4, 0.5) is 5.69 Å². The van der Waals surface area contributed by atoms with Gasteiger partial charge in [-0.15, -0.1) is 0 Å². The highest BCUT2D eigenvalue weighted by Gasteiger charge is 2.20. The Morgan fingerprint density at radius 1 is 0.909 bits per heavy atom. The Hall–Kier alpha value is -1.06. The predicted octanol–water partition coefficient (Wildman–Crippen LogP) is 3.36. The number of hydrogen-bond acceptors (Lipinski definition) is 3. The largest absolute Gasteiger partial charge is 0.399 e. The van der Waals surface area contributed by atoms with Crippen LogP contribution in [0.25, 0.3) is 0 Å². The topological polar surface area (TPSA) is 32.5 Å². The number of rotatable bonds is 4. The van der Waals surface area contributed by atoms with Gasteiger partial charge in [0.15, 0.2) is 0 Å². The lowest BCUT2D eigenvalue weighted by atomic mass is 9.89. The zero-order chi connectivity index (χ0) is 15.2. The maximum Gasteiger partial charge on any atom is 0.0317 e. The van der Waals surface area contributed by atoms with Crippen LogP contribution < -0.4 is 5.73 Å². The van der Waals surface area contributed by atoms with E-state index in [4.69, 9.17) is 5.73 Å². The summed E-state index contributed by atoms with van der Waals surface area (Å²) in [6.45, 7) is 7.31. The van der Waals surface area contributed by atoms with E-state index in [1.165, 1.54) is 76.8 Å². The van der Waals surface area contributed by atoms with Crippen LogP contribution in [0.5, 0.6) is 0 Å². The summed E-state index contributed by atoms with van der Waals surface area (Å²) < 4.78 is 0. The number of nitrogen functional groups attached to an aromatic ring is 1. The van der Waals surface area contributed by atoms with Crippen molar-refractivity contribution in [2.24, 2.45) is 5.92 Å². The van der Waals surface area contributed by atoms with Gasteiger partial charge >= 0.3 is 0 Å². The van der Waals surface area contributed by atoms with E-state index in [9.17, 15) is 0 Å². The molecule has 1 aromatic carbocycles. The van der Waals surface area contributed by atoms with E-state index in [1.807, 2.05) is 6.07 Å². The van der Waals surface area contributed by atoms with Crippen LogP contribution >= 0.6 is 0 Å². The van der Waals surface area contributed by atoms with E-state index in [0.29, 0.717) is 0 Å². The fraction of sp³-hybridized carbons (Fsp3) is 0.684. The highest BCUT2D eigenvalue weighted by molar-refractivity contribution is 5.40. The summed E-state index contributed by atoms with van der Waals surface area (Å²) in [5.74, 6) is 0.967. The number of nitrogens with two attached hydrogens (primary N) is 1. The minimum Gasteiger partial charge on any atom is -0.399 e. The van der Waals surface area contributed by atoms with Gasteiger partial charge in [0.25, 0.3) is 0 Å². The lowest BCUT2D eigenvalue weighted by molar-refractivity contribution is 0.200. The van der Waals surface area contributed by atoms with Crippen molar-refractivity contribution in [3.8, 4) is 0 Å². The highest BCUT2D eigenvalue weighted by Crippen LogP contribution is 2.24. The van der Waals surface area contributed by atoms with Crippen molar-refractivity contribution < 1.29 is 0 Å². The van der Waals surface area contributed by atoms with E-state index in [1.54, 1.807) is 0 Å². The molecule has 3 rings (SSSR count).